The van der Waals surface area contributed by atoms with Gasteiger partial charge in [-0.1, -0.05) is 44.9 Å². The molecule has 18 nitrogen and oxygen atoms in total. The van der Waals surface area contributed by atoms with E-state index < -0.39 is 23.6 Å². The van der Waals surface area contributed by atoms with Gasteiger partial charge >= 0.3 is 0 Å². The number of piperazine rings is 1. The van der Waals surface area contributed by atoms with E-state index in [2.05, 4.69) is 51.7 Å². The predicted octanol–water partition coefficient (Wildman–Crippen LogP) is 5.40. The quantitative estimate of drug-likeness (QED) is 0.0748. The summed E-state index contributed by atoms with van der Waals surface area (Å²) >= 11 is 0. The van der Waals surface area contributed by atoms with Gasteiger partial charge in [0.25, 0.3) is 0 Å². The summed E-state index contributed by atoms with van der Waals surface area (Å²) in [5.41, 5.74) is 4.58. The minimum absolute atomic E-state index is 0.0142. The number of aliphatic hydroxyl groups excluding tert-OH is 1. The number of likely N-dealkylation sites (tertiary alicyclic amines) is 2. The van der Waals surface area contributed by atoms with Crippen molar-refractivity contribution in [2.24, 2.45) is 16.7 Å². The molecule has 4 atom stereocenters. The van der Waals surface area contributed by atoms with Crippen molar-refractivity contribution in [2.45, 2.75) is 128 Å². The van der Waals surface area contributed by atoms with Gasteiger partial charge < -0.3 is 55.4 Å². The van der Waals surface area contributed by atoms with Crippen LogP contribution in [0.1, 0.15) is 108 Å². The SMILES string of the molecule is C#Cc1ccc(CNC(=O)[C@@H]2C[C@@H](O)CN2C(=O)[C@@H](NC(=O)[C@H]2CCC3(CC2)C[C@H](N2CCC(c4cnc(N5CCN6c7cc(-c8ccccc8O)nnc7NC[C@H]6C5)nc4)CC2)C3)C(C)(C)C)c(OCCCN(C)C)c1. The van der Waals surface area contributed by atoms with Crippen LogP contribution in [0.15, 0.2) is 60.9 Å². The Morgan fingerprint density at radius 1 is 0.948 bits per heavy atom. The molecule has 2 aliphatic carbocycles. The number of carbonyl (C=O) groups is 3. The molecule has 10 rings (SSSR count). The number of phenols is 1. The highest BCUT2D eigenvalue weighted by Crippen LogP contribution is 2.55. The summed E-state index contributed by atoms with van der Waals surface area (Å²) in [7, 11) is 4.02. The molecule has 18 heteroatoms. The number of carbonyl (C=O) groups excluding carboxylic acids is 3. The van der Waals surface area contributed by atoms with Gasteiger partial charge in [-0.2, -0.15) is 0 Å². The number of nitrogens with one attached hydrogen (secondary N) is 3. The number of anilines is 3. The minimum Gasteiger partial charge on any atom is -0.507 e. The molecule has 410 valence electrons. The molecule has 6 heterocycles. The molecule has 4 aromatic rings. The molecule has 2 saturated carbocycles. The third kappa shape index (κ3) is 12.0. The molecule has 2 aromatic heterocycles. The minimum atomic E-state index is -0.889. The molecule has 77 heavy (non-hydrogen) atoms. The molecule has 0 radical (unpaired) electrons. The first-order chi connectivity index (χ1) is 37.0. The van der Waals surface area contributed by atoms with Gasteiger partial charge in [-0.3, -0.25) is 14.4 Å². The van der Waals surface area contributed by atoms with E-state index >= 15 is 0 Å². The average molecular weight is 1050 g/mol. The first kappa shape index (κ1) is 53.8. The number of fused-ring (bicyclic) bond motifs is 3. The summed E-state index contributed by atoms with van der Waals surface area (Å²) in [6, 6.07) is 13.7. The summed E-state index contributed by atoms with van der Waals surface area (Å²) in [6.07, 6.45) is 17.9. The number of ether oxygens (including phenoxy) is 1. The Labute approximate surface area is 453 Å². The molecule has 3 amide bonds. The number of aromatic hydroxyl groups is 1. The standard InChI is InChI=1S/C59H78N12O6/c1-7-38-13-14-41(51(27-38)77-26-10-21-67(5)6)32-61-55(75)49-28-45(72)37-71(49)56(76)52(58(2,3)4)64-54(74)40-15-19-59(20-16-40)30-43(31-59)68-22-17-39(18-23-68)42-33-62-57(63-34-42)69-24-25-70-44(36-69)35-60-53-48(70)29-47(65-66-53)46-11-8-9-12-50(46)73/h1,8-9,11-14,27,29,33-34,39-40,43-45,49,52,72-73H,10,15-26,28,30-32,35-37H2,2-6H3,(H,60,66)(H,61,75)(H,64,74)/t40-,43-,44-,45+,49-,52+,59?/m0/s1. The number of hydrogen-bond acceptors (Lipinski definition) is 15. The summed E-state index contributed by atoms with van der Waals surface area (Å²) in [6.45, 7) is 12.5. The predicted molar refractivity (Wildman–Crippen MR) is 296 cm³/mol. The Morgan fingerprint density at radius 2 is 1.70 bits per heavy atom. The lowest BCUT2D eigenvalue weighted by Gasteiger charge is -2.55. The molecule has 5 fully saturated rings. The van der Waals surface area contributed by atoms with E-state index in [0.29, 0.717) is 41.1 Å². The molecule has 6 aliphatic rings. The van der Waals surface area contributed by atoms with Crippen LogP contribution < -0.4 is 30.5 Å². The second-order valence-electron chi connectivity index (χ2n) is 24.0. The van der Waals surface area contributed by atoms with Crippen LogP contribution in [0.25, 0.3) is 11.3 Å². The van der Waals surface area contributed by atoms with Crippen LogP contribution in [0.4, 0.5) is 17.5 Å². The number of phenolic OH excluding ortho intramolecular Hbond substituents is 1. The lowest BCUT2D eigenvalue weighted by molar-refractivity contribution is -0.145. The van der Waals surface area contributed by atoms with Crippen molar-refractivity contribution in [3.63, 3.8) is 0 Å². The van der Waals surface area contributed by atoms with E-state index in [-0.39, 0.29) is 60.4 Å². The van der Waals surface area contributed by atoms with E-state index in [1.165, 1.54) is 10.5 Å². The highest BCUT2D eigenvalue weighted by molar-refractivity contribution is 5.93. The summed E-state index contributed by atoms with van der Waals surface area (Å²) in [4.78, 5) is 63.1. The number of benzene rings is 2. The van der Waals surface area contributed by atoms with Crippen LogP contribution in [0.3, 0.4) is 0 Å². The van der Waals surface area contributed by atoms with Gasteiger partial charge in [0.05, 0.1) is 30.1 Å². The zero-order valence-corrected chi connectivity index (χ0v) is 45.6. The number of hydrogen-bond donors (Lipinski definition) is 5. The summed E-state index contributed by atoms with van der Waals surface area (Å²) < 4.78 is 6.09. The zero-order chi connectivity index (χ0) is 54.0. The Balaban J connectivity index is 0.666. The van der Waals surface area contributed by atoms with Gasteiger partial charge in [-0.25, -0.2) is 9.97 Å². The third-order valence-electron chi connectivity index (χ3n) is 17.4. The monoisotopic (exact) mass is 1050 g/mol. The third-order valence-corrected chi connectivity index (χ3v) is 17.4. The lowest BCUT2D eigenvalue weighted by Crippen LogP contribution is -2.59. The summed E-state index contributed by atoms with van der Waals surface area (Å²) in [5.74, 6) is 4.37. The zero-order valence-electron chi connectivity index (χ0n) is 45.6. The van der Waals surface area contributed by atoms with Gasteiger partial charge in [0, 0.05) is 93.3 Å². The fourth-order valence-corrected chi connectivity index (χ4v) is 12.9. The topological polar surface area (TPSA) is 205 Å². The molecule has 5 N–H and O–H groups in total. The van der Waals surface area contributed by atoms with E-state index in [1.807, 2.05) is 77.6 Å². The highest BCUT2D eigenvalue weighted by Gasteiger charge is 2.50. The molecule has 1 spiro atoms. The largest absolute Gasteiger partial charge is 0.507 e. The smallest absolute Gasteiger partial charge is 0.246 e. The molecule has 0 unspecified atom stereocenters. The Hall–Kier alpha value is -6.55. The highest BCUT2D eigenvalue weighted by atomic mass is 16.5. The van der Waals surface area contributed by atoms with Gasteiger partial charge in [-0.05, 0) is 138 Å². The number of piperidine rings is 1. The van der Waals surface area contributed by atoms with E-state index in [0.717, 1.165) is 127 Å². The van der Waals surface area contributed by atoms with Crippen LogP contribution in [-0.4, -0.2) is 166 Å². The second kappa shape index (κ2) is 22.8. The van der Waals surface area contributed by atoms with Crippen molar-refractivity contribution in [3.05, 3.63) is 77.6 Å². The van der Waals surface area contributed by atoms with E-state index in [9.17, 15) is 24.6 Å². The summed E-state index contributed by atoms with van der Waals surface area (Å²) in [5, 5.41) is 39.7. The first-order valence-electron chi connectivity index (χ1n) is 28.0. The fraction of sp³-hybridized carbons (Fsp3) is 0.576. The number of nitrogens with zero attached hydrogens (tertiary/aromatic N) is 9. The number of aromatic nitrogens is 4. The first-order valence-corrected chi connectivity index (χ1v) is 28.0. The van der Waals surface area contributed by atoms with Crippen LogP contribution in [-0.2, 0) is 20.9 Å². The maximum absolute atomic E-state index is 14.5. The molecular weight excluding hydrogens is 973 g/mol. The molecule has 0 bridgehead atoms. The Kier molecular flexibility index (Phi) is 15.9. The lowest BCUT2D eigenvalue weighted by atomic mass is 9.56. The molecular formula is C59H78N12O6. The number of terminal acetylenes is 1. The van der Waals surface area contributed by atoms with Crippen LogP contribution in [0.2, 0.25) is 0 Å². The van der Waals surface area contributed by atoms with Crippen LogP contribution in [0, 0.1) is 29.1 Å². The van der Waals surface area contributed by atoms with Crippen molar-refractivity contribution < 1.29 is 29.3 Å². The van der Waals surface area contributed by atoms with Crippen molar-refractivity contribution in [1.29, 1.82) is 0 Å². The van der Waals surface area contributed by atoms with Crippen molar-refractivity contribution in [2.75, 3.05) is 88.2 Å². The van der Waals surface area contributed by atoms with Gasteiger partial charge in [0.15, 0.2) is 5.82 Å². The number of para-hydroxylation sites is 1. The molecule has 2 aromatic carbocycles. The normalized spacial score (nSPS) is 25.0. The molecule has 3 saturated heterocycles. The van der Waals surface area contributed by atoms with Gasteiger partial charge in [0.1, 0.15) is 23.6 Å². The number of rotatable bonds is 15. The average Bonchev–Trinajstić information content (AvgIpc) is 3.84. The molecule has 4 aliphatic heterocycles. The van der Waals surface area contributed by atoms with Crippen molar-refractivity contribution in [1.82, 2.24) is 45.5 Å². The van der Waals surface area contributed by atoms with Crippen LogP contribution in [0.5, 0.6) is 11.5 Å². The van der Waals surface area contributed by atoms with Gasteiger partial charge in [-0.15, -0.1) is 16.6 Å². The second-order valence-corrected chi connectivity index (χ2v) is 24.0. The van der Waals surface area contributed by atoms with Crippen LogP contribution >= 0.6 is 0 Å². The van der Waals surface area contributed by atoms with E-state index in [1.54, 1.807) is 18.2 Å². The Bertz CT molecular complexity index is 2790. The fourth-order valence-electron chi connectivity index (χ4n) is 12.9. The number of amides is 3. The van der Waals surface area contributed by atoms with Crippen molar-refractivity contribution >= 4 is 35.2 Å². The van der Waals surface area contributed by atoms with Gasteiger partial charge in [0.2, 0.25) is 23.7 Å². The van der Waals surface area contributed by atoms with E-state index in [4.69, 9.17) is 21.1 Å². The Morgan fingerprint density at radius 3 is 2.42 bits per heavy atom. The maximum atomic E-state index is 14.5. The number of β-amino-alcohol motifs (C(OH)–C–C–N with tert-alkyl or cyclic N) is 1. The number of aliphatic hydroxyl groups is 1. The van der Waals surface area contributed by atoms with Crippen molar-refractivity contribution in [3.8, 4) is 35.1 Å². The maximum Gasteiger partial charge on any atom is 0.246 e.